The molecule has 3 nitrogen and oxygen atoms in total. The maximum atomic E-state index is 14.3. The number of rotatable bonds is 1. The molecule has 1 aliphatic carbocycles. The average Bonchev–Trinajstić information content (AvgIpc) is 3.47. The second-order valence-corrected chi connectivity index (χ2v) is 7.62. The first-order chi connectivity index (χ1) is 13.7. The fraction of sp³-hybridized carbons (Fsp3) is 0.250. The van der Waals surface area contributed by atoms with E-state index in [4.69, 9.17) is 23.2 Å². The second kappa shape index (κ2) is 7.12. The molecule has 0 bridgehead atoms. The van der Waals surface area contributed by atoms with Gasteiger partial charge in [0.05, 0.1) is 5.02 Å². The lowest BCUT2D eigenvalue weighted by molar-refractivity contribution is -0.170. The molecule has 1 saturated carbocycles. The Balaban J connectivity index is 1.84. The Morgan fingerprint density at radius 2 is 1.90 bits per heavy atom. The molecular weight excluding hydrogens is 429 g/mol. The van der Waals surface area contributed by atoms with Gasteiger partial charge in [-0.25, -0.2) is 9.38 Å². The molecule has 1 fully saturated rings. The minimum atomic E-state index is -4.80. The van der Waals surface area contributed by atoms with Crippen molar-refractivity contribution in [3.63, 3.8) is 0 Å². The Morgan fingerprint density at radius 3 is 2.55 bits per heavy atom. The number of fused-ring (bicyclic) bond motifs is 1. The van der Waals surface area contributed by atoms with E-state index in [1.807, 2.05) is 0 Å². The molecule has 1 atom stereocenters. The van der Waals surface area contributed by atoms with Crippen LogP contribution in [0.4, 0.5) is 28.9 Å². The van der Waals surface area contributed by atoms with E-state index in [-0.39, 0.29) is 38.9 Å². The topological polar surface area (TPSA) is 36.4 Å². The number of nitrogens with zero attached hydrogens (tertiary/aromatic N) is 1. The summed E-state index contributed by atoms with van der Waals surface area (Å²) >= 11 is 11.7. The predicted octanol–water partition coefficient (Wildman–Crippen LogP) is 6.20. The van der Waals surface area contributed by atoms with Crippen LogP contribution in [0.1, 0.15) is 18.4 Å². The normalized spacial score (nSPS) is 20.7. The van der Waals surface area contributed by atoms with Crippen LogP contribution < -0.4 is 10.6 Å². The Morgan fingerprint density at radius 1 is 1.14 bits per heavy atom. The van der Waals surface area contributed by atoms with Crippen molar-refractivity contribution in [1.82, 2.24) is 0 Å². The van der Waals surface area contributed by atoms with Gasteiger partial charge in [-0.2, -0.15) is 13.2 Å². The van der Waals surface area contributed by atoms with E-state index in [1.165, 1.54) is 30.3 Å². The fourth-order valence-corrected chi connectivity index (χ4v) is 3.25. The number of anilines is 2. The van der Waals surface area contributed by atoms with E-state index >= 15 is 0 Å². The third kappa shape index (κ3) is 3.87. The molecule has 0 amide bonds. The van der Waals surface area contributed by atoms with E-state index in [2.05, 4.69) is 27.5 Å². The van der Waals surface area contributed by atoms with Crippen molar-refractivity contribution in [3.05, 3.63) is 57.8 Å². The lowest BCUT2D eigenvalue weighted by Crippen LogP contribution is -2.45. The second-order valence-electron chi connectivity index (χ2n) is 6.78. The quantitative estimate of drug-likeness (QED) is 0.408. The van der Waals surface area contributed by atoms with Gasteiger partial charge in [-0.3, -0.25) is 0 Å². The summed E-state index contributed by atoms with van der Waals surface area (Å²) in [5.74, 6) is 4.16. The number of hydrogen-bond donors (Lipinski definition) is 2. The molecule has 4 rings (SSSR count). The molecular formula is C20H13Cl2F4N3. The van der Waals surface area contributed by atoms with Crippen molar-refractivity contribution in [1.29, 1.82) is 0 Å². The van der Waals surface area contributed by atoms with Gasteiger partial charge in [0.1, 0.15) is 5.82 Å². The van der Waals surface area contributed by atoms with E-state index in [1.54, 1.807) is 0 Å². The molecule has 0 spiro atoms. The van der Waals surface area contributed by atoms with Crippen LogP contribution in [0.2, 0.25) is 10.0 Å². The van der Waals surface area contributed by atoms with Gasteiger partial charge in [-0.1, -0.05) is 35.0 Å². The Bertz CT molecular complexity index is 1070. The highest BCUT2D eigenvalue weighted by atomic mass is 35.5. The number of aliphatic imine (C=N–C) groups is 1. The summed E-state index contributed by atoms with van der Waals surface area (Å²) < 4.78 is 56.4. The number of hydrogen-bond acceptors (Lipinski definition) is 3. The maximum Gasteiger partial charge on any atom is 0.429 e. The first kappa shape index (κ1) is 19.9. The van der Waals surface area contributed by atoms with E-state index in [0.717, 1.165) is 18.9 Å². The highest BCUT2D eigenvalue weighted by Gasteiger charge is 2.58. The third-order valence-electron chi connectivity index (χ3n) is 4.53. The van der Waals surface area contributed by atoms with Gasteiger partial charge in [0.15, 0.2) is 0 Å². The van der Waals surface area contributed by atoms with Gasteiger partial charge in [-0.05, 0) is 49.2 Å². The van der Waals surface area contributed by atoms with Gasteiger partial charge >= 0.3 is 6.18 Å². The fourth-order valence-electron chi connectivity index (χ4n) is 2.89. The van der Waals surface area contributed by atoms with Crippen molar-refractivity contribution in [2.75, 3.05) is 10.6 Å². The van der Waals surface area contributed by atoms with Crippen molar-refractivity contribution in [2.45, 2.75) is 24.6 Å². The third-order valence-corrected chi connectivity index (χ3v) is 5.06. The largest absolute Gasteiger partial charge is 0.429 e. The summed E-state index contributed by atoms with van der Waals surface area (Å²) in [7, 11) is 0. The molecule has 9 heteroatoms. The number of halogens is 6. The Kier molecular flexibility index (Phi) is 4.88. The van der Waals surface area contributed by atoms with Gasteiger partial charge in [0.2, 0.25) is 11.5 Å². The Hall–Kier alpha value is -2.43. The van der Waals surface area contributed by atoms with Crippen molar-refractivity contribution < 1.29 is 17.6 Å². The monoisotopic (exact) mass is 441 g/mol. The average molecular weight is 442 g/mol. The van der Waals surface area contributed by atoms with Crippen LogP contribution in [0, 0.1) is 23.6 Å². The lowest BCUT2D eigenvalue weighted by Gasteiger charge is -2.34. The van der Waals surface area contributed by atoms with Crippen LogP contribution in [-0.4, -0.2) is 12.1 Å². The Labute approximate surface area is 174 Å². The predicted molar refractivity (Wildman–Crippen MR) is 106 cm³/mol. The minimum absolute atomic E-state index is 0.0609. The highest BCUT2D eigenvalue weighted by molar-refractivity contribution is 6.31. The summed E-state index contributed by atoms with van der Waals surface area (Å²) in [5, 5.41) is 5.50. The van der Waals surface area contributed by atoms with Crippen molar-refractivity contribution >= 4 is 40.5 Å². The number of alkyl halides is 3. The molecule has 2 N–H and O–H groups in total. The number of nitrogens with one attached hydrogen (secondary N) is 2. The number of benzene rings is 2. The highest BCUT2D eigenvalue weighted by Crippen LogP contribution is 2.48. The van der Waals surface area contributed by atoms with Gasteiger partial charge in [-0.15, -0.1) is 0 Å². The summed E-state index contributed by atoms with van der Waals surface area (Å²) in [6.45, 7) is 0. The zero-order valence-corrected chi connectivity index (χ0v) is 16.2. The molecule has 1 aliphatic heterocycles. The van der Waals surface area contributed by atoms with E-state index in [0.29, 0.717) is 0 Å². The first-order valence-corrected chi connectivity index (χ1v) is 9.42. The summed E-state index contributed by atoms with van der Waals surface area (Å²) in [6.07, 6.45) is -3.27. The molecule has 2 aliphatic rings. The maximum absolute atomic E-state index is 14.3. The van der Waals surface area contributed by atoms with Crippen LogP contribution in [-0.2, 0) is 5.54 Å². The van der Waals surface area contributed by atoms with E-state index < -0.39 is 17.5 Å². The molecule has 0 aromatic heterocycles. The van der Waals surface area contributed by atoms with Crippen LogP contribution >= 0.6 is 23.2 Å². The lowest BCUT2D eigenvalue weighted by atomic mass is 9.87. The van der Waals surface area contributed by atoms with Crippen molar-refractivity contribution in [2.24, 2.45) is 10.9 Å². The molecule has 1 unspecified atom stereocenters. The SMILES string of the molecule is Fc1ccc(NC2=NC(C#CC3CC3)(C(F)(F)F)c3cc(Cl)ccc3N2)cc1Cl. The molecule has 1 heterocycles. The summed E-state index contributed by atoms with van der Waals surface area (Å²) in [6, 6.07) is 7.82. The summed E-state index contributed by atoms with van der Waals surface area (Å²) in [5.41, 5.74) is -2.52. The van der Waals surface area contributed by atoms with Crippen LogP contribution in [0.3, 0.4) is 0 Å². The standard InChI is InChI=1S/C20H13Cl2F4N3/c21-12-3-6-17-14(9-12)19(20(24,25)26,8-7-11-1-2-11)29-18(28-17)27-13-4-5-16(23)15(22)10-13/h3-6,9-11H,1-2H2,(H2,27,28,29). The molecule has 150 valence electrons. The van der Waals surface area contributed by atoms with Crippen LogP contribution in [0.15, 0.2) is 41.4 Å². The zero-order chi connectivity index (χ0) is 20.8. The van der Waals surface area contributed by atoms with Gasteiger partial charge in [0, 0.05) is 27.9 Å². The first-order valence-electron chi connectivity index (χ1n) is 8.66. The molecule has 0 saturated heterocycles. The van der Waals surface area contributed by atoms with Crippen LogP contribution in [0.5, 0.6) is 0 Å². The molecule has 0 radical (unpaired) electrons. The van der Waals surface area contributed by atoms with Gasteiger partial charge < -0.3 is 10.6 Å². The zero-order valence-electron chi connectivity index (χ0n) is 14.7. The molecule has 2 aromatic carbocycles. The van der Waals surface area contributed by atoms with E-state index in [9.17, 15) is 17.6 Å². The minimum Gasteiger partial charge on any atom is -0.326 e. The smallest absolute Gasteiger partial charge is 0.326 e. The van der Waals surface area contributed by atoms with Crippen LogP contribution in [0.25, 0.3) is 0 Å². The number of guanidine groups is 1. The molecule has 2 aromatic rings. The van der Waals surface area contributed by atoms with Crippen molar-refractivity contribution in [3.8, 4) is 11.8 Å². The van der Waals surface area contributed by atoms with Gasteiger partial charge in [0.25, 0.3) is 0 Å². The molecule has 29 heavy (non-hydrogen) atoms. The summed E-state index contributed by atoms with van der Waals surface area (Å²) in [4.78, 5) is 3.91.